The van der Waals surface area contributed by atoms with Crippen molar-refractivity contribution >= 4 is 17.9 Å². The van der Waals surface area contributed by atoms with Crippen molar-refractivity contribution < 1.29 is 19.1 Å². The quantitative estimate of drug-likeness (QED) is 0.417. The average molecular weight is 510 g/mol. The largest absolute Gasteiger partial charge is 0.444 e. The van der Waals surface area contributed by atoms with Crippen molar-refractivity contribution in [2.24, 2.45) is 5.92 Å². The first-order chi connectivity index (χ1) is 17.5. The van der Waals surface area contributed by atoms with Crippen molar-refractivity contribution in [3.8, 4) is 0 Å². The molecule has 2 rings (SSSR count). The SMILES string of the molecule is CCCN(C(=O)C(NC(=O)OC(C)(C)C)C(C)CC)C(C(=O)NCc1ccccc1)c1ccc(C)cc1. The van der Waals surface area contributed by atoms with Crippen LogP contribution in [-0.4, -0.2) is 41.0 Å². The van der Waals surface area contributed by atoms with Gasteiger partial charge in [0.05, 0.1) is 0 Å². The van der Waals surface area contributed by atoms with E-state index < -0.39 is 23.8 Å². The van der Waals surface area contributed by atoms with Gasteiger partial charge in [-0.3, -0.25) is 9.59 Å². The highest BCUT2D eigenvalue weighted by Gasteiger charge is 2.37. The molecular formula is C30H43N3O4. The molecule has 0 bridgehead atoms. The van der Waals surface area contributed by atoms with Gasteiger partial charge in [-0.25, -0.2) is 4.79 Å². The van der Waals surface area contributed by atoms with E-state index in [0.717, 1.165) is 16.7 Å². The predicted molar refractivity (Wildman–Crippen MR) is 147 cm³/mol. The zero-order chi connectivity index (χ0) is 27.6. The van der Waals surface area contributed by atoms with Crippen LogP contribution in [0.25, 0.3) is 0 Å². The molecule has 0 fully saturated rings. The number of hydrogen-bond acceptors (Lipinski definition) is 4. The number of hydrogen-bond donors (Lipinski definition) is 2. The third kappa shape index (κ3) is 9.23. The maximum absolute atomic E-state index is 14.1. The molecule has 0 aliphatic heterocycles. The lowest BCUT2D eigenvalue weighted by molar-refractivity contribution is -0.143. The summed E-state index contributed by atoms with van der Waals surface area (Å²) in [6, 6.07) is 15.6. The number of carbonyl (C=O) groups is 3. The Labute approximate surface area is 222 Å². The van der Waals surface area contributed by atoms with Gasteiger partial charge in [0.15, 0.2) is 0 Å². The van der Waals surface area contributed by atoms with Crippen LogP contribution in [-0.2, 0) is 20.9 Å². The van der Waals surface area contributed by atoms with Gasteiger partial charge in [-0.15, -0.1) is 0 Å². The van der Waals surface area contributed by atoms with Crippen molar-refractivity contribution in [2.75, 3.05) is 6.54 Å². The molecule has 0 aliphatic rings. The summed E-state index contributed by atoms with van der Waals surface area (Å²) in [5, 5.41) is 5.81. The second-order valence-corrected chi connectivity index (χ2v) is 10.6. The van der Waals surface area contributed by atoms with E-state index in [-0.39, 0.29) is 17.7 Å². The van der Waals surface area contributed by atoms with Gasteiger partial charge in [0.25, 0.3) is 0 Å². The Bertz CT molecular complexity index is 1020. The number of nitrogens with zero attached hydrogens (tertiary/aromatic N) is 1. The summed E-state index contributed by atoms with van der Waals surface area (Å²) in [5.74, 6) is -0.734. The Hall–Kier alpha value is -3.35. The van der Waals surface area contributed by atoms with Crippen molar-refractivity contribution in [1.82, 2.24) is 15.5 Å². The summed E-state index contributed by atoms with van der Waals surface area (Å²) in [6.45, 7) is 13.9. The Morgan fingerprint density at radius 2 is 1.59 bits per heavy atom. The van der Waals surface area contributed by atoms with Crippen LogP contribution in [0.3, 0.4) is 0 Å². The smallest absolute Gasteiger partial charge is 0.408 e. The highest BCUT2D eigenvalue weighted by Crippen LogP contribution is 2.25. The number of aryl methyl sites for hydroxylation is 1. The number of carbonyl (C=O) groups excluding carboxylic acids is 3. The highest BCUT2D eigenvalue weighted by atomic mass is 16.6. The van der Waals surface area contributed by atoms with E-state index in [9.17, 15) is 14.4 Å². The molecule has 3 unspecified atom stereocenters. The molecule has 0 aliphatic carbocycles. The average Bonchev–Trinajstić information content (AvgIpc) is 2.85. The first kappa shape index (κ1) is 29.9. The Kier molecular flexibility index (Phi) is 11.2. The van der Waals surface area contributed by atoms with E-state index >= 15 is 0 Å². The molecule has 7 heteroatoms. The van der Waals surface area contributed by atoms with Crippen LogP contribution >= 0.6 is 0 Å². The molecule has 202 valence electrons. The summed E-state index contributed by atoms with van der Waals surface area (Å²) in [6.07, 6.45) is 0.671. The van der Waals surface area contributed by atoms with E-state index in [1.54, 1.807) is 25.7 Å². The normalized spacial score (nSPS) is 13.7. The number of amides is 3. The Morgan fingerprint density at radius 1 is 0.973 bits per heavy atom. The van der Waals surface area contributed by atoms with Crippen LogP contribution in [0, 0.1) is 12.8 Å². The summed E-state index contributed by atoms with van der Waals surface area (Å²) in [7, 11) is 0. The lowest BCUT2D eigenvalue weighted by atomic mass is 9.95. The van der Waals surface area contributed by atoms with Crippen molar-refractivity contribution in [1.29, 1.82) is 0 Å². The van der Waals surface area contributed by atoms with E-state index in [1.165, 1.54) is 0 Å². The summed E-state index contributed by atoms with van der Waals surface area (Å²) >= 11 is 0. The van der Waals surface area contributed by atoms with E-state index in [4.69, 9.17) is 4.74 Å². The van der Waals surface area contributed by atoms with Crippen molar-refractivity contribution in [2.45, 2.75) is 85.5 Å². The Morgan fingerprint density at radius 3 is 2.14 bits per heavy atom. The predicted octanol–water partition coefficient (Wildman–Crippen LogP) is 5.53. The third-order valence-corrected chi connectivity index (χ3v) is 6.16. The topological polar surface area (TPSA) is 87.7 Å². The first-order valence-electron chi connectivity index (χ1n) is 13.1. The summed E-state index contributed by atoms with van der Waals surface area (Å²) in [4.78, 5) is 42.0. The number of alkyl carbamates (subject to hydrolysis) is 1. The fraction of sp³-hybridized carbons (Fsp3) is 0.500. The fourth-order valence-corrected chi connectivity index (χ4v) is 4.01. The molecule has 0 saturated heterocycles. The zero-order valence-corrected chi connectivity index (χ0v) is 23.3. The molecular weight excluding hydrogens is 466 g/mol. The van der Waals surface area contributed by atoms with Crippen molar-refractivity contribution in [3.63, 3.8) is 0 Å². The van der Waals surface area contributed by atoms with Crippen LogP contribution in [0.5, 0.6) is 0 Å². The molecule has 0 heterocycles. The summed E-state index contributed by atoms with van der Waals surface area (Å²) in [5.41, 5.74) is 2.05. The van der Waals surface area contributed by atoms with Gasteiger partial charge in [-0.1, -0.05) is 87.4 Å². The molecule has 0 saturated carbocycles. The van der Waals surface area contributed by atoms with Gasteiger partial charge >= 0.3 is 6.09 Å². The maximum atomic E-state index is 14.1. The molecule has 2 aromatic rings. The lowest BCUT2D eigenvalue weighted by Gasteiger charge is -2.36. The zero-order valence-electron chi connectivity index (χ0n) is 23.3. The number of nitrogens with one attached hydrogen (secondary N) is 2. The van der Waals surface area contributed by atoms with Gasteiger partial charge in [0.2, 0.25) is 11.8 Å². The van der Waals surface area contributed by atoms with Crippen LogP contribution in [0.15, 0.2) is 54.6 Å². The molecule has 0 spiro atoms. The van der Waals surface area contributed by atoms with Gasteiger partial charge in [-0.2, -0.15) is 0 Å². The monoisotopic (exact) mass is 509 g/mol. The Balaban J connectivity index is 2.43. The van der Waals surface area contributed by atoms with E-state index in [0.29, 0.717) is 25.9 Å². The number of benzene rings is 2. The van der Waals surface area contributed by atoms with Gasteiger partial charge in [0, 0.05) is 13.1 Å². The van der Waals surface area contributed by atoms with Crippen LogP contribution < -0.4 is 10.6 Å². The molecule has 37 heavy (non-hydrogen) atoms. The summed E-state index contributed by atoms with van der Waals surface area (Å²) < 4.78 is 5.45. The molecule has 3 amide bonds. The second-order valence-electron chi connectivity index (χ2n) is 10.6. The number of rotatable bonds is 11. The number of ether oxygens (including phenoxy) is 1. The molecule has 0 aromatic heterocycles. The van der Waals surface area contributed by atoms with Crippen LogP contribution in [0.2, 0.25) is 0 Å². The van der Waals surface area contributed by atoms with Crippen LogP contribution in [0.4, 0.5) is 4.79 Å². The molecule has 2 N–H and O–H groups in total. The van der Waals surface area contributed by atoms with E-state index in [2.05, 4.69) is 10.6 Å². The molecule has 0 radical (unpaired) electrons. The molecule has 7 nitrogen and oxygen atoms in total. The van der Waals surface area contributed by atoms with Crippen LogP contribution in [0.1, 0.15) is 77.1 Å². The highest BCUT2D eigenvalue weighted by molar-refractivity contribution is 5.92. The van der Waals surface area contributed by atoms with Gasteiger partial charge in [-0.05, 0) is 51.2 Å². The lowest BCUT2D eigenvalue weighted by Crippen LogP contribution is -2.55. The van der Waals surface area contributed by atoms with Crippen molar-refractivity contribution in [3.05, 3.63) is 71.3 Å². The third-order valence-electron chi connectivity index (χ3n) is 6.16. The minimum Gasteiger partial charge on any atom is -0.444 e. The standard InChI is InChI=1S/C30H43N3O4/c1-8-19-33(28(35)25(22(4)9-2)32-29(36)37-30(5,6)7)26(24-17-15-21(3)16-18-24)27(34)31-20-23-13-11-10-12-14-23/h10-18,22,25-26H,8-9,19-20H2,1-7H3,(H,31,34)(H,32,36). The van der Waals surface area contributed by atoms with Gasteiger partial charge in [0.1, 0.15) is 17.7 Å². The van der Waals surface area contributed by atoms with Gasteiger partial charge < -0.3 is 20.3 Å². The molecule has 2 aromatic carbocycles. The first-order valence-corrected chi connectivity index (χ1v) is 13.1. The molecule has 3 atom stereocenters. The maximum Gasteiger partial charge on any atom is 0.408 e. The second kappa shape index (κ2) is 13.8. The fourth-order valence-electron chi connectivity index (χ4n) is 4.01. The van der Waals surface area contributed by atoms with E-state index in [1.807, 2.05) is 82.3 Å². The minimum absolute atomic E-state index is 0.162. The minimum atomic E-state index is -0.844.